The number of rotatable bonds is 5. The molecule has 1 unspecified atom stereocenters. The summed E-state index contributed by atoms with van der Waals surface area (Å²) in [5, 5.41) is 5.30. The monoisotopic (exact) mass is 441 g/mol. The summed E-state index contributed by atoms with van der Waals surface area (Å²) in [7, 11) is 0. The van der Waals surface area contributed by atoms with E-state index in [1.807, 2.05) is 32.0 Å². The Labute approximate surface area is 184 Å². The SMILES string of the molecule is C[C@H](NC(=O)[C@H]1N2C(=O)c3ccccc3C2SC1(C)C)C(=O)NCc1ccc(F)cc1. The maximum atomic E-state index is 13.2. The summed E-state index contributed by atoms with van der Waals surface area (Å²) in [4.78, 5) is 40.3. The Hall–Kier alpha value is -2.87. The molecule has 2 aromatic carbocycles. The van der Waals surface area contributed by atoms with Gasteiger partial charge in [-0.1, -0.05) is 30.3 Å². The number of benzene rings is 2. The molecular weight excluding hydrogens is 417 g/mol. The molecule has 8 heteroatoms. The van der Waals surface area contributed by atoms with E-state index < -0.39 is 16.8 Å². The summed E-state index contributed by atoms with van der Waals surface area (Å²) in [6.45, 7) is 5.71. The second-order valence-electron chi connectivity index (χ2n) is 8.35. The highest BCUT2D eigenvalue weighted by atomic mass is 32.2. The number of thioether (sulfide) groups is 1. The number of nitrogens with zero attached hydrogens (tertiary/aromatic N) is 1. The molecule has 4 rings (SSSR count). The van der Waals surface area contributed by atoms with E-state index in [1.165, 1.54) is 12.1 Å². The summed E-state index contributed by atoms with van der Waals surface area (Å²) < 4.78 is 12.5. The van der Waals surface area contributed by atoms with Crippen molar-refractivity contribution in [2.24, 2.45) is 0 Å². The van der Waals surface area contributed by atoms with E-state index in [9.17, 15) is 18.8 Å². The maximum Gasteiger partial charge on any atom is 0.256 e. The maximum absolute atomic E-state index is 13.2. The summed E-state index contributed by atoms with van der Waals surface area (Å²) in [6.07, 6.45) is 0. The molecule has 0 aromatic heterocycles. The zero-order valence-corrected chi connectivity index (χ0v) is 18.3. The number of nitrogens with one attached hydrogen (secondary N) is 2. The third kappa shape index (κ3) is 3.92. The molecule has 2 heterocycles. The standard InChI is InChI=1S/C23H24FN3O3S/c1-13(19(28)25-12-14-8-10-15(24)11-9-14)26-20(29)18-23(2,3)31-22-17-7-5-4-6-16(17)21(30)27(18)22/h4-11,13,18,22H,12H2,1-3H3,(H,25,28)(H,26,29)/t13-,18+,22?/m0/s1. The first-order valence-electron chi connectivity index (χ1n) is 10.1. The molecule has 0 aliphatic carbocycles. The third-order valence-corrected chi connectivity index (χ3v) is 7.21. The van der Waals surface area contributed by atoms with Gasteiger partial charge in [-0.25, -0.2) is 4.39 Å². The summed E-state index contributed by atoms with van der Waals surface area (Å²) in [5.41, 5.74) is 2.30. The first-order valence-corrected chi connectivity index (χ1v) is 11.0. The fraction of sp³-hybridized carbons (Fsp3) is 0.348. The Morgan fingerprint density at radius 3 is 2.55 bits per heavy atom. The van der Waals surface area contributed by atoms with E-state index in [2.05, 4.69) is 10.6 Å². The molecule has 162 valence electrons. The van der Waals surface area contributed by atoms with Crippen LogP contribution in [0.2, 0.25) is 0 Å². The average molecular weight is 442 g/mol. The van der Waals surface area contributed by atoms with Crippen molar-refractivity contribution in [3.8, 4) is 0 Å². The third-order valence-electron chi connectivity index (χ3n) is 5.68. The van der Waals surface area contributed by atoms with E-state index in [1.54, 1.807) is 41.8 Å². The van der Waals surface area contributed by atoms with Crippen LogP contribution in [0.25, 0.3) is 0 Å². The number of carbonyl (C=O) groups is 3. The van der Waals surface area contributed by atoms with Crippen molar-refractivity contribution in [1.29, 1.82) is 0 Å². The van der Waals surface area contributed by atoms with E-state index in [-0.39, 0.29) is 35.5 Å². The number of carbonyl (C=O) groups excluding carboxylic acids is 3. The molecule has 3 atom stereocenters. The Morgan fingerprint density at radius 1 is 1.16 bits per heavy atom. The highest BCUT2D eigenvalue weighted by Crippen LogP contribution is 2.56. The highest BCUT2D eigenvalue weighted by Gasteiger charge is 2.57. The number of hydrogen-bond donors (Lipinski definition) is 2. The first kappa shape index (κ1) is 21.4. The van der Waals surface area contributed by atoms with Gasteiger partial charge in [0, 0.05) is 16.9 Å². The lowest BCUT2D eigenvalue weighted by atomic mass is 10.0. The van der Waals surface area contributed by atoms with Crippen molar-refractivity contribution < 1.29 is 18.8 Å². The fourth-order valence-corrected chi connectivity index (χ4v) is 5.70. The lowest BCUT2D eigenvalue weighted by molar-refractivity contribution is -0.131. The zero-order chi connectivity index (χ0) is 22.3. The molecule has 0 bridgehead atoms. The van der Waals surface area contributed by atoms with Crippen LogP contribution < -0.4 is 10.6 Å². The predicted molar refractivity (Wildman–Crippen MR) is 117 cm³/mol. The minimum atomic E-state index is -0.784. The zero-order valence-electron chi connectivity index (χ0n) is 17.5. The Kier molecular flexibility index (Phi) is 5.51. The number of amides is 3. The number of hydrogen-bond acceptors (Lipinski definition) is 4. The van der Waals surface area contributed by atoms with E-state index in [4.69, 9.17) is 0 Å². The molecule has 2 N–H and O–H groups in total. The van der Waals surface area contributed by atoms with E-state index >= 15 is 0 Å². The Bertz CT molecular complexity index is 1040. The van der Waals surface area contributed by atoms with Crippen LogP contribution in [0.5, 0.6) is 0 Å². The van der Waals surface area contributed by atoms with Crippen molar-refractivity contribution in [1.82, 2.24) is 15.5 Å². The molecule has 2 aliphatic rings. The molecule has 0 spiro atoms. The van der Waals surface area contributed by atoms with Gasteiger partial charge in [0.2, 0.25) is 11.8 Å². The van der Waals surface area contributed by atoms with Gasteiger partial charge in [0.25, 0.3) is 5.91 Å². The predicted octanol–water partition coefficient (Wildman–Crippen LogP) is 3.00. The van der Waals surface area contributed by atoms with Crippen LogP contribution in [0.3, 0.4) is 0 Å². The second-order valence-corrected chi connectivity index (χ2v) is 10.1. The van der Waals surface area contributed by atoms with Crippen molar-refractivity contribution in [2.75, 3.05) is 0 Å². The van der Waals surface area contributed by atoms with Gasteiger partial charge in [-0.05, 0) is 50.1 Å². The van der Waals surface area contributed by atoms with Gasteiger partial charge in [0.05, 0.1) is 0 Å². The molecule has 1 saturated heterocycles. The quantitative estimate of drug-likeness (QED) is 0.748. The minimum absolute atomic E-state index is 0.160. The van der Waals surface area contributed by atoms with Gasteiger partial charge in [-0.2, -0.15) is 0 Å². The number of halogens is 1. The second kappa shape index (κ2) is 8.00. The molecule has 1 fully saturated rings. The van der Waals surface area contributed by atoms with Crippen molar-refractivity contribution in [2.45, 2.75) is 49.5 Å². The van der Waals surface area contributed by atoms with Crippen molar-refractivity contribution >= 4 is 29.5 Å². The van der Waals surface area contributed by atoms with Gasteiger partial charge < -0.3 is 15.5 Å². The van der Waals surface area contributed by atoms with Gasteiger partial charge in [0.15, 0.2) is 0 Å². The lowest BCUT2D eigenvalue weighted by Gasteiger charge is -2.30. The Balaban J connectivity index is 1.43. The molecule has 2 aromatic rings. The molecular formula is C23H24FN3O3S. The highest BCUT2D eigenvalue weighted by molar-refractivity contribution is 8.01. The van der Waals surface area contributed by atoms with Gasteiger partial charge in [-0.3, -0.25) is 14.4 Å². The van der Waals surface area contributed by atoms with Gasteiger partial charge >= 0.3 is 0 Å². The minimum Gasteiger partial charge on any atom is -0.350 e. The van der Waals surface area contributed by atoms with Crippen LogP contribution >= 0.6 is 11.8 Å². The summed E-state index contributed by atoms with van der Waals surface area (Å²) >= 11 is 1.58. The smallest absolute Gasteiger partial charge is 0.256 e. The van der Waals surface area contributed by atoms with Crippen LogP contribution in [-0.4, -0.2) is 39.5 Å². The van der Waals surface area contributed by atoms with Crippen LogP contribution in [0.4, 0.5) is 4.39 Å². The molecule has 31 heavy (non-hydrogen) atoms. The average Bonchev–Trinajstić information content (AvgIpc) is 3.16. The van der Waals surface area contributed by atoms with Crippen molar-refractivity contribution in [3.63, 3.8) is 0 Å². The largest absolute Gasteiger partial charge is 0.350 e. The van der Waals surface area contributed by atoms with E-state index in [0.717, 1.165) is 11.1 Å². The summed E-state index contributed by atoms with van der Waals surface area (Å²) in [5.74, 6) is -1.21. The topological polar surface area (TPSA) is 78.5 Å². The van der Waals surface area contributed by atoms with Gasteiger partial charge in [0.1, 0.15) is 23.3 Å². The Morgan fingerprint density at radius 2 is 1.84 bits per heavy atom. The fourth-order valence-electron chi connectivity index (χ4n) is 4.11. The van der Waals surface area contributed by atoms with Crippen molar-refractivity contribution in [3.05, 3.63) is 71.0 Å². The molecule has 6 nitrogen and oxygen atoms in total. The normalized spacial score (nSPS) is 21.9. The van der Waals surface area contributed by atoms with Crippen LogP contribution in [0, 0.1) is 5.82 Å². The molecule has 0 radical (unpaired) electrons. The molecule has 0 saturated carbocycles. The number of fused-ring (bicyclic) bond motifs is 3. The molecule has 3 amide bonds. The van der Waals surface area contributed by atoms with Crippen LogP contribution in [0.1, 0.15) is 47.6 Å². The van der Waals surface area contributed by atoms with Crippen LogP contribution in [0.15, 0.2) is 48.5 Å². The lowest BCUT2D eigenvalue weighted by Crippen LogP contribution is -2.56. The summed E-state index contributed by atoms with van der Waals surface area (Å²) in [6, 6.07) is 11.8. The van der Waals surface area contributed by atoms with E-state index in [0.29, 0.717) is 5.56 Å². The van der Waals surface area contributed by atoms with Crippen LogP contribution in [-0.2, 0) is 16.1 Å². The van der Waals surface area contributed by atoms with Gasteiger partial charge in [-0.15, -0.1) is 11.8 Å². The molecule has 2 aliphatic heterocycles. The first-order chi connectivity index (χ1) is 14.7.